The summed E-state index contributed by atoms with van der Waals surface area (Å²) in [6.45, 7) is 7.69. The van der Waals surface area contributed by atoms with Crippen LogP contribution in [0.2, 0.25) is 0 Å². The number of nitrogens with two attached hydrogens (primary N) is 1. The first kappa shape index (κ1) is 10.1. The van der Waals surface area contributed by atoms with Gasteiger partial charge in [-0.25, -0.2) is 0 Å². The van der Waals surface area contributed by atoms with Crippen molar-refractivity contribution in [2.75, 3.05) is 5.73 Å². The fraction of sp³-hybridized carbons (Fsp3) is 0.385. The van der Waals surface area contributed by atoms with Crippen LogP contribution in [0.15, 0.2) is 30.5 Å². The Labute approximate surface area is 90.7 Å². The Balaban J connectivity index is 2.53. The van der Waals surface area contributed by atoms with Crippen LogP contribution in [0.3, 0.4) is 0 Å². The van der Waals surface area contributed by atoms with Crippen molar-refractivity contribution in [1.29, 1.82) is 0 Å². The SMILES string of the molecule is CC(C)(C)Cn1ccc2cccc(N)c21. The molecule has 0 fully saturated rings. The van der Waals surface area contributed by atoms with Gasteiger partial charge in [-0.1, -0.05) is 32.9 Å². The summed E-state index contributed by atoms with van der Waals surface area (Å²) in [7, 11) is 0. The Kier molecular flexibility index (Phi) is 2.22. The monoisotopic (exact) mass is 202 g/mol. The van der Waals surface area contributed by atoms with Gasteiger partial charge in [-0.15, -0.1) is 0 Å². The zero-order valence-corrected chi connectivity index (χ0v) is 9.62. The van der Waals surface area contributed by atoms with Gasteiger partial charge >= 0.3 is 0 Å². The quantitative estimate of drug-likeness (QED) is 0.707. The van der Waals surface area contributed by atoms with E-state index in [1.54, 1.807) is 0 Å². The third kappa shape index (κ3) is 1.99. The molecule has 15 heavy (non-hydrogen) atoms. The topological polar surface area (TPSA) is 30.9 Å². The summed E-state index contributed by atoms with van der Waals surface area (Å²) >= 11 is 0. The third-order valence-corrected chi connectivity index (χ3v) is 2.46. The molecule has 0 aliphatic heterocycles. The number of rotatable bonds is 1. The first-order chi connectivity index (χ1) is 6.97. The first-order valence-corrected chi connectivity index (χ1v) is 5.31. The lowest BCUT2D eigenvalue weighted by Crippen LogP contribution is -2.14. The van der Waals surface area contributed by atoms with Gasteiger partial charge in [0, 0.05) is 18.1 Å². The smallest absolute Gasteiger partial charge is 0.0714 e. The van der Waals surface area contributed by atoms with E-state index in [4.69, 9.17) is 5.73 Å². The normalized spacial score (nSPS) is 12.2. The molecule has 0 unspecified atom stereocenters. The maximum atomic E-state index is 6.00. The van der Waals surface area contributed by atoms with E-state index in [0.717, 1.165) is 17.7 Å². The minimum absolute atomic E-state index is 0.272. The molecule has 2 N–H and O–H groups in total. The summed E-state index contributed by atoms with van der Waals surface area (Å²) in [5.41, 5.74) is 8.29. The summed E-state index contributed by atoms with van der Waals surface area (Å²) in [4.78, 5) is 0. The van der Waals surface area contributed by atoms with Crippen LogP contribution >= 0.6 is 0 Å². The van der Waals surface area contributed by atoms with Crippen molar-refractivity contribution >= 4 is 16.6 Å². The standard InChI is InChI=1S/C13H18N2/c1-13(2,3)9-15-8-7-10-5-4-6-11(14)12(10)15/h4-8H,9,14H2,1-3H3. The van der Waals surface area contributed by atoms with Crippen LogP contribution < -0.4 is 5.73 Å². The fourth-order valence-corrected chi connectivity index (χ4v) is 1.93. The summed E-state index contributed by atoms with van der Waals surface area (Å²) in [5, 5.41) is 1.22. The average Bonchev–Trinajstić information content (AvgIpc) is 2.47. The molecule has 2 rings (SSSR count). The third-order valence-electron chi connectivity index (χ3n) is 2.46. The summed E-state index contributed by atoms with van der Waals surface area (Å²) in [5.74, 6) is 0. The highest BCUT2D eigenvalue weighted by Gasteiger charge is 2.13. The second-order valence-corrected chi connectivity index (χ2v) is 5.29. The molecule has 2 nitrogen and oxygen atoms in total. The van der Waals surface area contributed by atoms with Gasteiger partial charge in [-0.2, -0.15) is 0 Å². The number of hydrogen-bond donors (Lipinski definition) is 1. The van der Waals surface area contributed by atoms with Crippen LogP contribution in [0, 0.1) is 5.41 Å². The maximum absolute atomic E-state index is 6.00. The van der Waals surface area contributed by atoms with E-state index in [2.05, 4.69) is 43.7 Å². The highest BCUT2D eigenvalue weighted by Crippen LogP contribution is 2.25. The molecule has 0 spiro atoms. The van der Waals surface area contributed by atoms with Crippen molar-refractivity contribution in [2.24, 2.45) is 5.41 Å². The van der Waals surface area contributed by atoms with Crippen molar-refractivity contribution in [1.82, 2.24) is 4.57 Å². The van der Waals surface area contributed by atoms with E-state index in [1.807, 2.05) is 12.1 Å². The molecule has 0 radical (unpaired) electrons. The Morgan fingerprint density at radius 3 is 2.60 bits per heavy atom. The first-order valence-electron chi connectivity index (χ1n) is 5.31. The number of nitrogen functional groups attached to an aromatic ring is 1. The second-order valence-electron chi connectivity index (χ2n) is 5.29. The van der Waals surface area contributed by atoms with Gasteiger partial charge in [0.25, 0.3) is 0 Å². The van der Waals surface area contributed by atoms with Gasteiger partial charge in [0.05, 0.1) is 11.2 Å². The van der Waals surface area contributed by atoms with E-state index in [0.29, 0.717) is 0 Å². The molecular formula is C13H18N2. The molecular weight excluding hydrogens is 184 g/mol. The molecule has 0 atom stereocenters. The van der Waals surface area contributed by atoms with Gasteiger partial charge in [-0.05, 0) is 17.5 Å². The van der Waals surface area contributed by atoms with Crippen LogP contribution in [0.4, 0.5) is 5.69 Å². The zero-order chi connectivity index (χ0) is 11.1. The molecule has 80 valence electrons. The Morgan fingerprint density at radius 2 is 1.93 bits per heavy atom. The molecule has 0 bridgehead atoms. The van der Waals surface area contributed by atoms with E-state index in [1.165, 1.54) is 5.39 Å². The molecule has 0 amide bonds. The Hall–Kier alpha value is -1.44. The van der Waals surface area contributed by atoms with E-state index in [9.17, 15) is 0 Å². The Morgan fingerprint density at radius 1 is 1.20 bits per heavy atom. The number of aromatic nitrogens is 1. The van der Waals surface area contributed by atoms with E-state index in [-0.39, 0.29) is 5.41 Å². The van der Waals surface area contributed by atoms with E-state index < -0.39 is 0 Å². The summed E-state index contributed by atoms with van der Waals surface area (Å²) in [6, 6.07) is 8.18. The number of para-hydroxylation sites is 1. The minimum atomic E-state index is 0.272. The predicted octanol–water partition coefficient (Wildman–Crippen LogP) is 3.27. The highest BCUT2D eigenvalue weighted by atomic mass is 15.0. The van der Waals surface area contributed by atoms with Crippen LogP contribution in [0.5, 0.6) is 0 Å². The molecule has 2 aromatic rings. The van der Waals surface area contributed by atoms with Crippen LogP contribution in [-0.4, -0.2) is 4.57 Å². The van der Waals surface area contributed by atoms with Gasteiger partial charge in [0.2, 0.25) is 0 Å². The molecule has 0 aliphatic carbocycles. The fourth-order valence-electron chi connectivity index (χ4n) is 1.93. The molecule has 2 heteroatoms. The van der Waals surface area contributed by atoms with E-state index >= 15 is 0 Å². The number of nitrogens with zero attached hydrogens (tertiary/aromatic N) is 1. The minimum Gasteiger partial charge on any atom is -0.397 e. The van der Waals surface area contributed by atoms with Crippen molar-refractivity contribution in [3.8, 4) is 0 Å². The number of anilines is 1. The van der Waals surface area contributed by atoms with Crippen LogP contribution in [-0.2, 0) is 6.54 Å². The lowest BCUT2D eigenvalue weighted by molar-refractivity contribution is 0.349. The van der Waals surface area contributed by atoms with Crippen molar-refractivity contribution in [2.45, 2.75) is 27.3 Å². The zero-order valence-electron chi connectivity index (χ0n) is 9.62. The highest BCUT2D eigenvalue weighted by molar-refractivity contribution is 5.90. The number of hydrogen-bond acceptors (Lipinski definition) is 1. The maximum Gasteiger partial charge on any atom is 0.0714 e. The lowest BCUT2D eigenvalue weighted by atomic mass is 9.97. The lowest BCUT2D eigenvalue weighted by Gasteiger charge is -2.20. The van der Waals surface area contributed by atoms with Crippen molar-refractivity contribution in [3.05, 3.63) is 30.5 Å². The van der Waals surface area contributed by atoms with Crippen molar-refractivity contribution < 1.29 is 0 Å². The van der Waals surface area contributed by atoms with Crippen LogP contribution in [0.1, 0.15) is 20.8 Å². The molecule has 1 aromatic heterocycles. The second kappa shape index (κ2) is 3.30. The van der Waals surface area contributed by atoms with Gasteiger partial charge in [0.1, 0.15) is 0 Å². The van der Waals surface area contributed by atoms with Crippen molar-refractivity contribution in [3.63, 3.8) is 0 Å². The van der Waals surface area contributed by atoms with Gasteiger partial charge in [0.15, 0.2) is 0 Å². The summed E-state index contributed by atoms with van der Waals surface area (Å²) in [6.07, 6.45) is 2.12. The number of fused-ring (bicyclic) bond motifs is 1. The van der Waals surface area contributed by atoms with Crippen LogP contribution in [0.25, 0.3) is 10.9 Å². The molecule has 1 aromatic carbocycles. The molecule has 0 saturated carbocycles. The van der Waals surface area contributed by atoms with Gasteiger partial charge in [-0.3, -0.25) is 0 Å². The number of benzene rings is 1. The molecule has 0 aliphatic rings. The molecule has 1 heterocycles. The van der Waals surface area contributed by atoms with Gasteiger partial charge < -0.3 is 10.3 Å². The average molecular weight is 202 g/mol. The summed E-state index contributed by atoms with van der Waals surface area (Å²) < 4.78 is 2.24. The largest absolute Gasteiger partial charge is 0.397 e. The Bertz CT molecular complexity index is 475. The predicted molar refractivity (Wildman–Crippen MR) is 65.8 cm³/mol. The molecule has 0 saturated heterocycles.